The molecule has 0 unspecified atom stereocenters. The fourth-order valence-corrected chi connectivity index (χ4v) is 3.59. The van der Waals surface area contributed by atoms with Gasteiger partial charge in [0.25, 0.3) is 0 Å². The summed E-state index contributed by atoms with van der Waals surface area (Å²) in [7, 11) is 0. The van der Waals surface area contributed by atoms with Crippen molar-refractivity contribution in [2.75, 3.05) is 11.1 Å². The van der Waals surface area contributed by atoms with E-state index >= 15 is 0 Å². The highest BCUT2D eigenvalue weighted by atomic mass is 32.2. The molecule has 140 valence electrons. The van der Waals surface area contributed by atoms with Crippen LogP contribution < -0.4 is 5.32 Å². The Morgan fingerprint density at radius 1 is 1.04 bits per heavy atom. The normalized spacial score (nSPS) is 10.8. The first kappa shape index (κ1) is 19.2. The van der Waals surface area contributed by atoms with Gasteiger partial charge in [0.1, 0.15) is 0 Å². The Bertz CT molecular complexity index is 947. The van der Waals surface area contributed by atoms with Crippen LogP contribution >= 0.6 is 11.8 Å². The molecule has 1 aromatic heterocycles. The predicted octanol–water partition coefficient (Wildman–Crippen LogP) is 4.62. The van der Waals surface area contributed by atoms with E-state index in [2.05, 4.69) is 41.5 Å². The van der Waals surface area contributed by atoms with Gasteiger partial charge in [-0.2, -0.15) is 0 Å². The maximum Gasteiger partial charge on any atom is 0.234 e. The van der Waals surface area contributed by atoms with Crippen LogP contribution in [-0.4, -0.2) is 26.4 Å². The van der Waals surface area contributed by atoms with Crippen molar-refractivity contribution in [2.45, 2.75) is 39.4 Å². The molecule has 1 N–H and O–H groups in total. The van der Waals surface area contributed by atoms with Crippen LogP contribution in [0.3, 0.4) is 0 Å². The van der Waals surface area contributed by atoms with Gasteiger partial charge in [0, 0.05) is 17.8 Å². The van der Waals surface area contributed by atoms with Crippen molar-refractivity contribution in [3.05, 3.63) is 59.2 Å². The van der Waals surface area contributed by atoms with Crippen molar-refractivity contribution < 1.29 is 4.79 Å². The number of benzene rings is 2. The van der Waals surface area contributed by atoms with E-state index in [1.807, 2.05) is 48.7 Å². The topological polar surface area (TPSA) is 59.8 Å². The highest BCUT2D eigenvalue weighted by molar-refractivity contribution is 7.99. The quantitative estimate of drug-likeness (QED) is 0.634. The van der Waals surface area contributed by atoms with E-state index in [0.29, 0.717) is 5.75 Å². The summed E-state index contributed by atoms with van der Waals surface area (Å²) in [6.45, 7) is 8.87. The smallest absolute Gasteiger partial charge is 0.234 e. The zero-order valence-electron chi connectivity index (χ0n) is 16.1. The van der Waals surface area contributed by atoms with Gasteiger partial charge < -0.3 is 9.88 Å². The van der Waals surface area contributed by atoms with E-state index in [1.165, 1.54) is 17.3 Å². The van der Waals surface area contributed by atoms with Crippen LogP contribution in [0.15, 0.2) is 47.6 Å². The molecule has 2 aromatic carbocycles. The largest absolute Gasteiger partial charge is 0.325 e. The molecule has 0 aliphatic heterocycles. The van der Waals surface area contributed by atoms with Gasteiger partial charge in [-0.1, -0.05) is 53.7 Å². The zero-order chi connectivity index (χ0) is 19.4. The number of nitrogens with zero attached hydrogens (tertiary/aromatic N) is 3. The SMILES string of the molecule is CCn1c(SCC(=O)Nc2cc(C)ccc2C)nnc1-c1ccc(C)cc1. The molecule has 3 aromatic rings. The predicted molar refractivity (Wildman–Crippen MR) is 111 cm³/mol. The van der Waals surface area contributed by atoms with Crippen LogP contribution in [0.4, 0.5) is 5.69 Å². The molecule has 0 saturated carbocycles. The van der Waals surface area contributed by atoms with Crippen LogP contribution in [0.5, 0.6) is 0 Å². The number of carbonyl (C=O) groups excluding carboxylic acids is 1. The second kappa shape index (κ2) is 8.39. The third-order valence-corrected chi connectivity index (χ3v) is 5.31. The summed E-state index contributed by atoms with van der Waals surface area (Å²) in [5, 5.41) is 12.4. The van der Waals surface area contributed by atoms with E-state index in [-0.39, 0.29) is 5.91 Å². The van der Waals surface area contributed by atoms with Crippen LogP contribution in [0.1, 0.15) is 23.6 Å². The Morgan fingerprint density at radius 2 is 1.74 bits per heavy atom. The van der Waals surface area contributed by atoms with Gasteiger partial charge in [0.05, 0.1) is 5.75 Å². The Morgan fingerprint density at radius 3 is 2.44 bits per heavy atom. The van der Waals surface area contributed by atoms with Crippen molar-refractivity contribution in [1.29, 1.82) is 0 Å². The van der Waals surface area contributed by atoms with Gasteiger partial charge in [0.15, 0.2) is 11.0 Å². The number of amides is 1. The molecule has 0 spiro atoms. The van der Waals surface area contributed by atoms with Crippen molar-refractivity contribution in [3.63, 3.8) is 0 Å². The van der Waals surface area contributed by atoms with Gasteiger partial charge in [-0.3, -0.25) is 4.79 Å². The first-order valence-corrected chi connectivity index (χ1v) is 9.96. The minimum Gasteiger partial charge on any atom is -0.325 e. The summed E-state index contributed by atoms with van der Waals surface area (Å²) in [5.74, 6) is 1.07. The van der Waals surface area contributed by atoms with Gasteiger partial charge in [-0.15, -0.1) is 10.2 Å². The van der Waals surface area contributed by atoms with Crippen molar-refractivity contribution in [3.8, 4) is 11.4 Å². The molecular weight excluding hydrogens is 356 g/mol. The number of thioether (sulfide) groups is 1. The average molecular weight is 381 g/mol. The number of rotatable bonds is 6. The number of hydrogen-bond acceptors (Lipinski definition) is 4. The standard InChI is InChI=1S/C21H24N4OS/c1-5-25-20(17-10-7-14(2)8-11-17)23-24-21(25)27-13-19(26)22-18-12-15(3)6-9-16(18)4/h6-12H,5,13H2,1-4H3,(H,22,26). The number of nitrogens with one attached hydrogen (secondary N) is 1. The molecule has 0 aliphatic carbocycles. The molecule has 27 heavy (non-hydrogen) atoms. The fraction of sp³-hybridized carbons (Fsp3) is 0.286. The molecule has 0 atom stereocenters. The minimum absolute atomic E-state index is 0.0451. The van der Waals surface area contributed by atoms with E-state index < -0.39 is 0 Å². The van der Waals surface area contributed by atoms with Crippen molar-refractivity contribution in [2.24, 2.45) is 0 Å². The lowest BCUT2D eigenvalue weighted by atomic mass is 10.1. The first-order valence-electron chi connectivity index (χ1n) is 8.98. The third kappa shape index (κ3) is 4.57. The molecule has 5 nitrogen and oxygen atoms in total. The van der Waals surface area contributed by atoms with E-state index in [1.54, 1.807) is 0 Å². The maximum absolute atomic E-state index is 12.4. The average Bonchev–Trinajstić information content (AvgIpc) is 3.06. The van der Waals surface area contributed by atoms with Crippen LogP contribution in [0, 0.1) is 20.8 Å². The van der Waals surface area contributed by atoms with Crippen LogP contribution in [0.25, 0.3) is 11.4 Å². The zero-order valence-corrected chi connectivity index (χ0v) is 16.9. The molecule has 0 fully saturated rings. The van der Waals surface area contributed by atoms with Gasteiger partial charge in [-0.05, 0) is 44.9 Å². The molecule has 1 heterocycles. The molecule has 0 aliphatic rings. The monoisotopic (exact) mass is 380 g/mol. The summed E-state index contributed by atoms with van der Waals surface area (Å²) in [6, 6.07) is 14.3. The maximum atomic E-state index is 12.4. The summed E-state index contributed by atoms with van der Waals surface area (Å²) in [4.78, 5) is 12.4. The molecule has 0 radical (unpaired) electrons. The van der Waals surface area contributed by atoms with Crippen molar-refractivity contribution in [1.82, 2.24) is 14.8 Å². The summed E-state index contributed by atoms with van der Waals surface area (Å²) >= 11 is 1.40. The third-order valence-electron chi connectivity index (χ3n) is 4.34. The second-order valence-electron chi connectivity index (χ2n) is 6.57. The molecule has 1 amide bonds. The number of aryl methyl sites for hydroxylation is 3. The lowest BCUT2D eigenvalue weighted by molar-refractivity contribution is -0.113. The van der Waals surface area contributed by atoms with Crippen LogP contribution in [0.2, 0.25) is 0 Å². The van der Waals surface area contributed by atoms with E-state index in [0.717, 1.165) is 39.9 Å². The van der Waals surface area contributed by atoms with E-state index in [9.17, 15) is 4.79 Å². The van der Waals surface area contributed by atoms with Gasteiger partial charge >= 0.3 is 0 Å². The van der Waals surface area contributed by atoms with Crippen molar-refractivity contribution >= 4 is 23.4 Å². The Kier molecular flexibility index (Phi) is 5.96. The van der Waals surface area contributed by atoms with Gasteiger partial charge in [0.2, 0.25) is 5.91 Å². The first-order chi connectivity index (χ1) is 13.0. The minimum atomic E-state index is -0.0451. The Labute approximate surface area is 164 Å². The number of hydrogen-bond donors (Lipinski definition) is 1. The molecule has 3 rings (SSSR count). The molecule has 0 bridgehead atoms. The summed E-state index contributed by atoms with van der Waals surface area (Å²) in [6.07, 6.45) is 0. The Balaban J connectivity index is 1.70. The summed E-state index contributed by atoms with van der Waals surface area (Å²) in [5.41, 5.74) is 5.27. The van der Waals surface area contributed by atoms with E-state index in [4.69, 9.17) is 0 Å². The van der Waals surface area contributed by atoms with Gasteiger partial charge in [-0.25, -0.2) is 0 Å². The van der Waals surface area contributed by atoms with Crippen LogP contribution in [-0.2, 0) is 11.3 Å². The highest BCUT2D eigenvalue weighted by Gasteiger charge is 2.15. The molecular formula is C21H24N4OS. The number of anilines is 1. The Hall–Kier alpha value is -2.60. The molecule has 0 saturated heterocycles. The lowest BCUT2D eigenvalue weighted by Crippen LogP contribution is -2.15. The number of carbonyl (C=O) groups is 1. The second-order valence-corrected chi connectivity index (χ2v) is 7.51. The molecule has 6 heteroatoms. The lowest BCUT2D eigenvalue weighted by Gasteiger charge is -2.10. The summed E-state index contributed by atoms with van der Waals surface area (Å²) < 4.78 is 2.04. The fourth-order valence-electron chi connectivity index (χ4n) is 2.78. The number of aromatic nitrogens is 3. The highest BCUT2D eigenvalue weighted by Crippen LogP contribution is 2.24.